The predicted molar refractivity (Wildman–Crippen MR) is 137 cm³/mol. The largest absolute Gasteiger partial charge is 0.458 e. The maximum atomic E-state index is 12.8. The van der Waals surface area contributed by atoms with Gasteiger partial charge >= 0.3 is 17.9 Å². The lowest BCUT2D eigenvalue weighted by atomic mass is 9.45. The maximum Gasteiger partial charge on any atom is 0.309 e. The lowest BCUT2D eigenvalue weighted by Gasteiger charge is -2.60. The molecule has 9 atom stereocenters. The van der Waals surface area contributed by atoms with Crippen LogP contribution in [0.5, 0.6) is 0 Å². The Morgan fingerprint density at radius 3 is 2.41 bits per heavy atom. The molecule has 0 aromatic heterocycles. The van der Waals surface area contributed by atoms with Crippen molar-refractivity contribution in [2.75, 3.05) is 0 Å². The first-order valence-corrected chi connectivity index (χ1v) is 13.2. The molecule has 1 saturated heterocycles. The summed E-state index contributed by atoms with van der Waals surface area (Å²) in [6, 6.07) is 0. The van der Waals surface area contributed by atoms with Gasteiger partial charge in [0.05, 0.1) is 17.4 Å². The number of hydrogen-bond acceptors (Lipinski definition) is 8. The lowest BCUT2D eigenvalue weighted by Crippen LogP contribution is -2.63. The number of carbonyl (C=O) groups excluding carboxylic acids is 3. The van der Waals surface area contributed by atoms with Gasteiger partial charge in [-0.05, 0) is 55.9 Å². The Morgan fingerprint density at radius 1 is 1.19 bits per heavy atom. The van der Waals surface area contributed by atoms with Crippen molar-refractivity contribution < 1.29 is 38.4 Å². The van der Waals surface area contributed by atoms with Crippen LogP contribution in [-0.2, 0) is 33.3 Å². The second-order valence-corrected chi connectivity index (χ2v) is 11.2. The quantitative estimate of drug-likeness (QED) is 0.215. The molecule has 0 bridgehead atoms. The summed E-state index contributed by atoms with van der Waals surface area (Å²) >= 11 is 0. The second kappa shape index (κ2) is 11.1. The van der Waals surface area contributed by atoms with E-state index in [0.29, 0.717) is 31.3 Å². The van der Waals surface area contributed by atoms with Crippen molar-refractivity contribution in [3.05, 3.63) is 36.0 Å². The average molecular weight is 519 g/mol. The highest BCUT2D eigenvalue weighted by Crippen LogP contribution is 2.67. The molecule has 1 spiro atoms. The van der Waals surface area contributed by atoms with Crippen LogP contribution in [0.25, 0.3) is 0 Å². The molecule has 8 heteroatoms. The van der Waals surface area contributed by atoms with E-state index in [1.807, 2.05) is 20.8 Å². The van der Waals surface area contributed by atoms with Gasteiger partial charge in [0.1, 0.15) is 6.10 Å². The maximum absolute atomic E-state index is 12.8. The summed E-state index contributed by atoms with van der Waals surface area (Å²) < 4.78 is 23.2. The van der Waals surface area contributed by atoms with E-state index in [1.54, 1.807) is 12.2 Å². The normalized spacial score (nSPS) is 37.9. The molecule has 0 aromatic rings. The highest BCUT2D eigenvalue weighted by molar-refractivity contribution is 5.72. The Kier molecular flexibility index (Phi) is 8.75. The van der Waals surface area contributed by atoms with E-state index >= 15 is 0 Å². The summed E-state index contributed by atoms with van der Waals surface area (Å²) in [6.07, 6.45) is 3.89. The first-order chi connectivity index (χ1) is 17.3. The molecule has 37 heavy (non-hydrogen) atoms. The number of hydrogen-bond donors (Lipinski definition) is 1. The third kappa shape index (κ3) is 5.28. The zero-order valence-corrected chi connectivity index (χ0v) is 23.1. The van der Waals surface area contributed by atoms with Crippen molar-refractivity contribution >= 4 is 17.9 Å². The highest BCUT2D eigenvalue weighted by Gasteiger charge is 2.71. The van der Waals surface area contributed by atoms with Gasteiger partial charge in [-0.15, -0.1) is 0 Å². The topological polar surface area (TPSA) is 108 Å². The molecule has 3 unspecified atom stereocenters. The van der Waals surface area contributed by atoms with Gasteiger partial charge in [0.25, 0.3) is 0 Å². The minimum Gasteiger partial charge on any atom is -0.458 e. The SMILES string of the molecule is C=C/C(C)=C/C[C@@]1(C)[C@@H](C)CC(O)C23C(=C[C@@H](OC(=O)C(C)CC)C[C@@H]21)[C@H](OC(C)=O)O[C@@H]3OC(C)=O. The van der Waals surface area contributed by atoms with Gasteiger partial charge in [-0.3, -0.25) is 19.1 Å². The van der Waals surface area contributed by atoms with Crippen LogP contribution in [0.2, 0.25) is 0 Å². The van der Waals surface area contributed by atoms with E-state index in [-0.39, 0.29) is 23.7 Å². The Labute approximate surface area is 220 Å². The van der Waals surface area contributed by atoms with Crippen molar-refractivity contribution in [2.24, 2.45) is 28.6 Å². The summed E-state index contributed by atoms with van der Waals surface area (Å²) in [6.45, 7) is 16.4. The number of aliphatic hydroxyl groups excluding tert-OH is 1. The van der Waals surface area contributed by atoms with Crippen LogP contribution in [0, 0.1) is 28.6 Å². The van der Waals surface area contributed by atoms with Gasteiger partial charge in [0.15, 0.2) is 0 Å². The van der Waals surface area contributed by atoms with Crippen LogP contribution >= 0.6 is 0 Å². The van der Waals surface area contributed by atoms with E-state index in [1.165, 1.54) is 13.8 Å². The first kappa shape index (κ1) is 29.1. The van der Waals surface area contributed by atoms with Crippen molar-refractivity contribution in [3.8, 4) is 0 Å². The van der Waals surface area contributed by atoms with Crippen molar-refractivity contribution in [2.45, 2.75) is 98.9 Å². The number of aliphatic hydroxyl groups is 1. The minimum atomic E-state index is -1.17. The van der Waals surface area contributed by atoms with Crippen LogP contribution in [0.1, 0.15) is 74.1 Å². The number of esters is 3. The minimum absolute atomic E-state index is 0.0722. The van der Waals surface area contributed by atoms with E-state index in [0.717, 1.165) is 5.57 Å². The summed E-state index contributed by atoms with van der Waals surface area (Å²) in [4.78, 5) is 37.0. The van der Waals surface area contributed by atoms with Gasteiger partial charge < -0.3 is 19.3 Å². The van der Waals surface area contributed by atoms with Crippen LogP contribution in [0.4, 0.5) is 0 Å². The van der Waals surface area contributed by atoms with Gasteiger partial charge in [-0.25, -0.2) is 0 Å². The monoisotopic (exact) mass is 518 g/mol. The van der Waals surface area contributed by atoms with E-state index in [9.17, 15) is 19.5 Å². The van der Waals surface area contributed by atoms with Crippen LogP contribution in [0.3, 0.4) is 0 Å². The van der Waals surface area contributed by atoms with Crippen LogP contribution < -0.4 is 0 Å². The fourth-order valence-corrected chi connectivity index (χ4v) is 6.30. The predicted octanol–water partition coefficient (Wildman–Crippen LogP) is 4.62. The van der Waals surface area contributed by atoms with E-state index in [4.69, 9.17) is 18.9 Å². The molecule has 3 rings (SSSR count). The lowest BCUT2D eigenvalue weighted by molar-refractivity contribution is -0.254. The number of carbonyl (C=O) groups is 3. The molecular weight excluding hydrogens is 476 g/mol. The number of ether oxygens (including phenoxy) is 4. The van der Waals surface area contributed by atoms with E-state index < -0.39 is 47.6 Å². The molecule has 0 amide bonds. The van der Waals surface area contributed by atoms with Crippen molar-refractivity contribution in [1.82, 2.24) is 0 Å². The van der Waals surface area contributed by atoms with Crippen molar-refractivity contribution in [3.63, 3.8) is 0 Å². The molecule has 8 nitrogen and oxygen atoms in total. The average Bonchev–Trinajstić information content (AvgIpc) is 3.12. The third-order valence-electron chi connectivity index (χ3n) is 8.87. The number of allylic oxidation sites excluding steroid dienone is 3. The molecule has 2 aliphatic carbocycles. The Balaban J connectivity index is 2.21. The molecule has 1 saturated carbocycles. The van der Waals surface area contributed by atoms with E-state index in [2.05, 4.69) is 26.5 Å². The van der Waals surface area contributed by atoms with Crippen LogP contribution in [-0.4, -0.2) is 47.8 Å². The fraction of sp³-hybridized carbons (Fsp3) is 0.690. The smallest absolute Gasteiger partial charge is 0.309 e. The second-order valence-electron chi connectivity index (χ2n) is 11.2. The zero-order valence-electron chi connectivity index (χ0n) is 23.1. The van der Waals surface area contributed by atoms with Gasteiger partial charge in [0.2, 0.25) is 12.6 Å². The van der Waals surface area contributed by atoms with Crippen molar-refractivity contribution in [1.29, 1.82) is 0 Å². The standard InChI is InChI=1S/C29H42O8/c1-9-16(3)11-12-28(8)18(5)13-24(32)29-22(26(34-19(6)30)37-27(29)35-20(7)31)14-21(15-23(28)29)36-25(33)17(4)10-2/h9,11,14,17-18,21,23-24,26-27,32H,1,10,12-13,15H2,2-8H3/b16-11+/t17?,18-,21+,23+,24?,26+,27-,28-,29?/m0/s1. The van der Waals surface area contributed by atoms with Crippen LogP contribution in [0.15, 0.2) is 36.0 Å². The fourth-order valence-electron chi connectivity index (χ4n) is 6.30. The first-order valence-electron chi connectivity index (χ1n) is 13.2. The molecule has 1 heterocycles. The summed E-state index contributed by atoms with van der Waals surface area (Å²) in [5, 5.41) is 11.7. The molecule has 0 radical (unpaired) electrons. The molecule has 1 aliphatic heterocycles. The Morgan fingerprint density at radius 2 is 1.84 bits per heavy atom. The molecule has 206 valence electrons. The Bertz CT molecular complexity index is 982. The molecule has 0 aromatic carbocycles. The zero-order chi connectivity index (χ0) is 27.7. The van der Waals surface area contributed by atoms with Gasteiger partial charge in [-0.1, -0.05) is 52.0 Å². The highest BCUT2D eigenvalue weighted by atomic mass is 16.8. The van der Waals surface area contributed by atoms with Gasteiger partial charge in [0, 0.05) is 19.4 Å². The Hall–Kier alpha value is -2.45. The van der Waals surface area contributed by atoms with Gasteiger partial charge in [-0.2, -0.15) is 0 Å². The third-order valence-corrected chi connectivity index (χ3v) is 8.87. The molecule has 2 fully saturated rings. The summed E-state index contributed by atoms with van der Waals surface area (Å²) in [5.41, 5.74) is -0.0572. The molecule has 1 N–H and O–H groups in total. The summed E-state index contributed by atoms with van der Waals surface area (Å²) in [7, 11) is 0. The molecular formula is C29H42O8. The molecule has 3 aliphatic rings. The number of rotatable bonds is 8. The summed E-state index contributed by atoms with van der Waals surface area (Å²) in [5.74, 6) is -1.99.